The summed E-state index contributed by atoms with van der Waals surface area (Å²) in [5.74, 6) is 33.1. The van der Waals surface area contributed by atoms with Crippen molar-refractivity contribution in [3.63, 3.8) is 0 Å². The van der Waals surface area contributed by atoms with E-state index < -0.39 is 11.2 Å². The van der Waals surface area contributed by atoms with Gasteiger partial charge in [-0.25, -0.2) is 0 Å². The van der Waals surface area contributed by atoms with E-state index in [9.17, 15) is 4.79 Å². The quantitative estimate of drug-likeness (QED) is 0.796. The average Bonchev–Trinajstić information content (AvgIpc) is 2.54. The van der Waals surface area contributed by atoms with E-state index in [2.05, 4.69) is 88.1 Å². The van der Waals surface area contributed by atoms with Gasteiger partial charge >= 0.3 is 5.97 Å². The Bertz CT molecular complexity index is 914. The molecule has 0 radical (unpaired) electrons. The number of rotatable bonds is 3. The molecule has 106 valence electrons. The monoisotopic (exact) mass is 312 g/mol. The van der Waals surface area contributed by atoms with Crippen molar-refractivity contribution in [1.82, 2.24) is 0 Å². The Labute approximate surface area is 141 Å². The van der Waals surface area contributed by atoms with Crippen molar-refractivity contribution in [2.45, 2.75) is 18.6 Å². The van der Waals surface area contributed by atoms with Crippen LogP contribution in [-0.4, -0.2) is 16.3 Å². The topological polar surface area (TPSA) is 37.3 Å². The fourth-order valence-electron chi connectivity index (χ4n) is 0.814. The Morgan fingerprint density at radius 1 is 0.870 bits per heavy atom. The fraction of sp³-hybridized carbons (Fsp3) is 0.150. The molecule has 0 heterocycles. The second kappa shape index (κ2) is 14.7. The number of carboxylic acids is 1. The predicted octanol–water partition coefficient (Wildman–Crippen LogP) is 1.20. The van der Waals surface area contributed by atoms with Crippen LogP contribution < -0.4 is 0 Å². The summed E-state index contributed by atoms with van der Waals surface area (Å²) < 4.78 is 0. The summed E-state index contributed by atoms with van der Waals surface area (Å²) >= 11 is 1.02. The van der Waals surface area contributed by atoms with E-state index >= 15 is 0 Å². The molecule has 2 nitrogen and oxygen atoms in total. The van der Waals surface area contributed by atoms with E-state index in [1.165, 1.54) is 0 Å². The normalized spacial score (nSPS) is 7.13. The molecule has 1 N–H and O–H groups in total. The van der Waals surface area contributed by atoms with Gasteiger partial charge < -0.3 is 5.11 Å². The maximum absolute atomic E-state index is 10.7. The summed E-state index contributed by atoms with van der Waals surface area (Å²) in [7, 11) is 0. The van der Waals surface area contributed by atoms with Gasteiger partial charge in [-0.3, -0.25) is 4.79 Å². The molecule has 0 bridgehead atoms. The summed E-state index contributed by atoms with van der Waals surface area (Å²) in [6.07, 6.45) is 5.40. The first kappa shape index (κ1) is 19.3. The third-order valence-corrected chi connectivity index (χ3v) is 2.76. The molecule has 0 aliphatic rings. The lowest BCUT2D eigenvalue weighted by Crippen LogP contribution is -2.13. The second-order valence-corrected chi connectivity index (χ2v) is 4.23. The van der Waals surface area contributed by atoms with E-state index in [4.69, 9.17) is 11.5 Å². The van der Waals surface area contributed by atoms with Gasteiger partial charge in [0.1, 0.15) is 5.25 Å². The predicted molar refractivity (Wildman–Crippen MR) is 92.6 cm³/mol. The minimum absolute atomic E-state index is 0.499. The number of carboxylic acid groups (broad SMARTS) is 1. The van der Waals surface area contributed by atoms with Crippen LogP contribution in [0.3, 0.4) is 0 Å². The lowest BCUT2D eigenvalue weighted by atomic mass is 10.3. The maximum Gasteiger partial charge on any atom is 0.317 e. The number of thioether (sulfide) groups is 1. The fourth-order valence-corrected chi connectivity index (χ4v) is 1.33. The van der Waals surface area contributed by atoms with Gasteiger partial charge in [-0.2, -0.15) is 0 Å². The zero-order valence-electron chi connectivity index (χ0n) is 12.1. The number of aliphatic carboxylic acids is 1. The highest BCUT2D eigenvalue weighted by Gasteiger charge is 2.13. The van der Waals surface area contributed by atoms with Crippen LogP contribution in [0, 0.1) is 94.6 Å². The molecule has 0 fully saturated rings. The summed E-state index contributed by atoms with van der Waals surface area (Å²) in [6.45, 7) is 1.78. The molecule has 3 heteroatoms. The van der Waals surface area contributed by atoms with Crippen molar-refractivity contribution >= 4 is 17.7 Å². The SMILES string of the molecule is C#CC#CC#CC#CC#CC#CC#CC#CSC(CC)C(=O)O. The van der Waals surface area contributed by atoms with Crippen molar-refractivity contribution in [3.8, 4) is 94.6 Å². The van der Waals surface area contributed by atoms with Crippen LogP contribution in [0.1, 0.15) is 13.3 Å². The van der Waals surface area contributed by atoms with Crippen molar-refractivity contribution in [3.05, 3.63) is 0 Å². The smallest absolute Gasteiger partial charge is 0.317 e. The van der Waals surface area contributed by atoms with Crippen LogP contribution in [0.5, 0.6) is 0 Å². The molecule has 1 atom stereocenters. The second-order valence-electron chi connectivity index (χ2n) is 3.22. The van der Waals surface area contributed by atoms with Crippen LogP contribution in [-0.2, 0) is 4.79 Å². The number of terminal acetylenes is 1. The van der Waals surface area contributed by atoms with Crippen LogP contribution in [0.25, 0.3) is 0 Å². The molecule has 0 aromatic rings. The third kappa shape index (κ3) is 13.1. The Hall–Kier alpha value is -3.70. The molecule has 23 heavy (non-hydrogen) atoms. The van der Waals surface area contributed by atoms with Crippen molar-refractivity contribution in [2.75, 3.05) is 0 Å². The van der Waals surface area contributed by atoms with Gasteiger partial charge in [-0.05, 0) is 94.6 Å². The molecule has 0 aromatic heterocycles. The molecule has 0 rings (SSSR count). The first-order chi connectivity index (χ1) is 11.2. The van der Waals surface area contributed by atoms with Gasteiger partial charge in [0, 0.05) is 0 Å². The Morgan fingerprint density at radius 2 is 1.26 bits per heavy atom. The molecule has 0 saturated heterocycles. The highest BCUT2D eigenvalue weighted by molar-refractivity contribution is 8.05. The summed E-state index contributed by atoms with van der Waals surface area (Å²) in [6, 6.07) is 0. The van der Waals surface area contributed by atoms with Gasteiger partial charge in [0.05, 0.1) is 0 Å². The highest BCUT2D eigenvalue weighted by atomic mass is 32.2. The molecule has 0 aliphatic carbocycles. The summed E-state index contributed by atoms with van der Waals surface area (Å²) in [4.78, 5) is 10.7. The molecule has 0 aromatic carbocycles. The molecule has 1 unspecified atom stereocenters. The summed E-state index contributed by atoms with van der Waals surface area (Å²) in [5, 5.41) is 10.9. The molecule has 0 amide bonds. The lowest BCUT2D eigenvalue weighted by Gasteiger charge is -2.01. The highest BCUT2D eigenvalue weighted by Crippen LogP contribution is 2.12. The zero-order valence-corrected chi connectivity index (χ0v) is 12.9. The van der Waals surface area contributed by atoms with Gasteiger partial charge in [-0.15, -0.1) is 6.42 Å². The van der Waals surface area contributed by atoms with E-state index in [0.29, 0.717) is 6.42 Å². The van der Waals surface area contributed by atoms with Gasteiger partial charge in [0.2, 0.25) is 0 Å². The largest absolute Gasteiger partial charge is 0.480 e. The van der Waals surface area contributed by atoms with Crippen molar-refractivity contribution in [2.24, 2.45) is 0 Å². The average molecular weight is 312 g/mol. The lowest BCUT2D eigenvalue weighted by molar-refractivity contribution is -0.136. The van der Waals surface area contributed by atoms with E-state index in [-0.39, 0.29) is 0 Å². The Kier molecular flexibility index (Phi) is 12.3. The van der Waals surface area contributed by atoms with E-state index in [1.807, 2.05) is 0 Å². The van der Waals surface area contributed by atoms with Crippen LogP contribution in [0.4, 0.5) is 0 Å². The first-order valence-corrected chi connectivity index (χ1v) is 6.94. The minimum Gasteiger partial charge on any atom is -0.480 e. The molecule has 0 saturated carbocycles. The number of hydrogen-bond donors (Lipinski definition) is 1. The standard InChI is InChI=1S/C20H8O2S/c1-3-5-6-7-8-9-10-11-12-13-14-15-16-17-18-23-19(4-2)20(21)22/h1,19H,4H2,2H3,(H,21,22). The Morgan fingerprint density at radius 3 is 1.61 bits per heavy atom. The van der Waals surface area contributed by atoms with Crippen LogP contribution in [0.2, 0.25) is 0 Å². The van der Waals surface area contributed by atoms with Gasteiger partial charge in [-0.1, -0.05) is 18.7 Å². The molecular formula is C20H8O2S. The van der Waals surface area contributed by atoms with Crippen molar-refractivity contribution in [1.29, 1.82) is 0 Å². The Balaban J connectivity index is 4.36. The molecular weight excluding hydrogens is 304 g/mol. The molecule has 0 spiro atoms. The van der Waals surface area contributed by atoms with Gasteiger partial charge in [0.15, 0.2) is 0 Å². The van der Waals surface area contributed by atoms with E-state index in [0.717, 1.165) is 11.8 Å². The zero-order chi connectivity index (χ0) is 17.2. The van der Waals surface area contributed by atoms with Crippen LogP contribution in [0.15, 0.2) is 0 Å². The third-order valence-electron chi connectivity index (χ3n) is 1.72. The molecule has 0 aliphatic heterocycles. The number of hydrogen-bond acceptors (Lipinski definition) is 2. The van der Waals surface area contributed by atoms with Crippen LogP contribution >= 0.6 is 11.8 Å². The maximum atomic E-state index is 10.7. The minimum atomic E-state index is -0.885. The van der Waals surface area contributed by atoms with Crippen molar-refractivity contribution < 1.29 is 9.90 Å². The van der Waals surface area contributed by atoms with E-state index in [1.54, 1.807) is 6.92 Å². The van der Waals surface area contributed by atoms with Gasteiger partial charge in [0.25, 0.3) is 0 Å². The first-order valence-electron chi connectivity index (χ1n) is 6.06. The summed E-state index contributed by atoms with van der Waals surface area (Å²) in [5.41, 5.74) is 0. The number of carbonyl (C=O) groups is 1.